The van der Waals surface area contributed by atoms with Crippen molar-refractivity contribution < 1.29 is 15.0 Å². The Morgan fingerprint density at radius 3 is 1.23 bits per heavy atom. The van der Waals surface area contributed by atoms with Crippen LogP contribution in [0.3, 0.4) is 0 Å². The number of aliphatic hydroxyl groups is 2. The molecule has 0 aromatic heterocycles. The number of allylic oxidation sites excluding steroid dienone is 21. The first-order chi connectivity index (χ1) is 28.2. The second-order valence-electron chi connectivity index (χ2n) is 14.7. The molecule has 0 saturated carbocycles. The van der Waals surface area contributed by atoms with Gasteiger partial charge in [-0.25, -0.2) is 0 Å². The molecule has 0 bridgehead atoms. The Morgan fingerprint density at radius 1 is 0.439 bits per heavy atom. The molecule has 1 amide bonds. The summed E-state index contributed by atoms with van der Waals surface area (Å²) in [4.78, 5) is 12.4. The topological polar surface area (TPSA) is 69.6 Å². The summed E-state index contributed by atoms with van der Waals surface area (Å²) in [5.74, 6) is -0.113. The Kier molecular flexibility index (Phi) is 44.1. The minimum atomic E-state index is -0.885. The van der Waals surface area contributed by atoms with Crippen LogP contribution in [0.2, 0.25) is 0 Å². The first-order valence-electron chi connectivity index (χ1n) is 22.9. The van der Waals surface area contributed by atoms with Gasteiger partial charge in [0.1, 0.15) is 0 Å². The van der Waals surface area contributed by atoms with Gasteiger partial charge in [0, 0.05) is 6.42 Å². The van der Waals surface area contributed by atoms with Crippen molar-refractivity contribution in [2.45, 2.75) is 187 Å². The molecule has 57 heavy (non-hydrogen) atoms. The van der Waals surface area contributed by atoms with Crippen LogP contribution >= 0.6 is 0 Å². The zero-order valence-electron chi connectivity index (χ0n) is 36.5. The fraction of sp³-hybridized carbons (Fsp3) is 0.566. The highest BCUT2D eigenvalue weighted by molar-refractivity contribution is 5.76. The van der Waals surface area contributed by atoms with E-state index in [0.29, 0.717) is 6.42 Å². The van der Waals surface area contributed by atoms with Crippen LogP contribution in [-0.4, -0.2) is 34.9 Å². The standard InChI is InChI=1S/C53H85NO3/c1-3-5-7-9-11-13-15-17-19-20-21-22-23-24-25-26-27-28-29-30-31-32-33-34-35-37-39-41-43-45-47-49-53(57)54-51(50-55)52(56)48-46-44-42-40-38-36-18-16-14-12-10-8-6-4-2/h5,7,11,13,17,19,21-22,24-25,27-28,30-31,33-34,37-40,46,48,51-52,55-56H,3-4,6,8-10,12,14-16,18,20,23,26,29,32,35-36,41-45,47,49-50H2,1-2H3,(H,54,57)/b7-5-,13-11-,19-17-,22-21-,25-24-,28-27-,31-30-,34-33-,39-37-,40-38+,48-46+. The smallest absolute Gasteiger partial charge is 0.220 e. The molecule has 0 aromatic carbocycles. The van der Waals surface area contributed by atoms with Gasteiger partial charge in [-0.05, 0) is 103 Å². The van der Waals surface area contributed by atoms with Gasteiger partial charge in [0.25, 0.3) is 0 Å². The van der Waals surface area contributed by atoms with Crippen molar-refractivity contribution in [1.82, 2.24) is 5.32 Å². The lowest BCUT2D eigenvalue weighted by Crippen LogP contribution is -2.45. The second kappa shape index (κ2) is 46.9. The fourth-order valence-corrected chi connectivity index (χ4v) is 5.89. The predicted octanol–water partition coefficient (Wildman–Crippen LogP) is 14.7. The maximum absolute atomic E-state index is 12.4. The number of carbonyl (C=O) groups excluding carboxylic acids is 1. The van der Waals surface area contributed by atoms with Crippen molar-refractivity contribution in [3.63, 3.8) is 0 Å². The summed E-state index contributed by atoms with van der Waals surface area (Å²) in [5.41, 5.74) is 0. The van der Waals surface area contributed by atoms with E-state index in [0.717, 1.165) is 103 Å². The average molecular weight is 784 g/mol. The van der Waals surface area contributed by atoms with Crippen molar-refractivity contribution >= 4 is 5.91 Å². The maximum Gasteiger partial charge on any atom is 0.220 e. The summed E-state index contributed by atoms with van der Waals surface area (Å²) in [6, 6.07) is -0.666. The highest BCUT2D eigenvalue weighted by Gasteiger charge is 2.17. The van der Waals surface area contributed by atoms with Gasteiger partial charge >= 0.3 is 0 Å². The van der Waals surface area contributed by atoms with E-state index >= 15 is 0 Å². The molecule has 0 fully saturated rings. The Hall–Kier alpha value is -3.47. The first kappa shape index (κ1) is 53.5. The molecule has 0 aliphatic rings. The van der Waals surface area contributed by atoms with E-state index in [1.165, 1.54) is 51.4 Å². The summed E-state index contributed by atoms with van der Waals surface area (Å²) in [7, 11) is 0. The molecule has 320 valence electrons. The molecule has 2 unspecified atom stereocenters. The van der Waals surface area contributed by atoms with E-state index in [9.17, 15) is 15.0 Å². The van der Waals surface area contributed by atoms with Gasteiger partial charge in [-0.15, -0.1) is 0 Å². The molecular formula is C53H85NO3. The van der Waals surface area contributed by atoms with Crippen molar-refractivity contribution in [3.8, 4) is 0 Å². The molecular weight excluding hydrogens is 699 g/mol. The molecule has 0 aliphatic carbocycles. The molecule has 0 heterocycles. The van der Waals surface area contributed by atoms with Crippen molar-refractivity contribution in [3.05, 3.63) is 134 Å². The average Bonchev–Trinajstić information content (AvgIpc) is 3.22. The van der Waals surface area contributed by atoms with Gasteiger partial charge in [0.05, 0.1) is 18.8 Å². The summed E-state index contributed by atoms with van der Waals surface area (Å²) in [6.45, 7) is 4.14. The molecule has 4 heteroatoms. The van der Waals surface area contributed by atoms with Gasteiger partial charge in [-0.1, -0.05) is 199 Å². The number of rotatable bonds is 39. The number of aliphatic hydroxyl groups excluding tert-OH is 2. The van der Waals surface area contributed by atoms with Gasteiger partial charge in [-0.2, -0.15) is 0 Å². The zero-order chi connectivity index (χ0) is 41.4. The van der Waals surface area contributed by atoms with Crippen LogP contribution < -0.4 is 5.32 Å². The highest BCUT2D eigenvalue weighted by atomic mass is 16.3. The number of carbonyl (C=O) groups is 1. The van der Waals surface area contributed by atoms with Crippen LogP contribution in [0.4, 0.5) is 0 Å². The number of hydrogen-bond donors (Lipinski definition) is 3. The van der Waals surface area contributed by atoms with Crippen molar-refractivity contribution in [2.24, 2.45) is 0 Å². The van der Waals surface area contributed by atoms with Crippen LogP contribution in [0.15, 0.2) is 134 Å². The van der Waals surface area contributed by atoms with Crippen LogP contribution in [0, 0.1) is 0 Å². The predicted molar refractivity (Wildman–Crippen MR) is 252 cm³/mol. The summed E-state index contributed by atoms with van der Waals surface area (Å²) >= 11 is 0. The lowest BCUT2D eigenvalue weighted by atomic mass is 10.1. The van der Waals surface area contributed by atoms with E-state index in [2.05, 4.69) is 141 Å². The highest BCUT2D eigenvalue weighted by Crippen LogP contribution is 2.10. The van der Waals surface area contributed by atoms with Crippen molar-refractivity contribution in [2.75, 3.05) is 6.61 Å². The molecule has 0 aromatic rings. The van der Waals surface area contributed by atoms with Crippen LogP contribution in [-0.2, 0) is 4.79 Å². The molecule has 3 N–H and O–H groups in total. The fourth-order valence-electron chi connectivity index (χ4n) is 5.89. The quantitative estimate of drug-likeness (QED) is 0.0429. The zero-order valence-corrected chi connectivity index (χ0v) is 36.5. The Labute approximate surface area is 351 Å². The molecule has 0 radical (unpaired) electrons. The van der Waals surface area contributed by atoms with Crippen molar-refractivity contribution in [1.29, 1.82) is 0 Å². The molecule has 0 saturated heterocycles. The van der Waals surface area contributed by atoms with Gasteiger partial charge in [0.15, 0.2) is 0 Å². The van der Waals surface area contributed by atoms with Crippen LogP contribution in [0.1, 0.15) is 174 Å². The summed E-state index contributed by atoms with van der Waals surface area (Å²) in [5, 5.41) is 22.9. The largest absolute Gasteiger partial charge is 0.394 e. The normalized spacial score (nSPS) is 14.2. The van der Waals surface area contributed by atoms with Crippen LogP contribution in [0.25, 0.3) is 0 Å². The van der Waals surface area contributed by atoms with E-state index in [4.69, 9.17) is 0 Å². The number of amides is 1. The minimum Gasteiger partial charge on any atom is -0.394 e. The summed E-state index contributed by atoms with van der Waals surface area (Å²) in [6.07, 6.45) is 74.2. The van der Waals surface area contributed by atoms with Gasteiger partial charge in [-0.3, -0.25) is 4.79 Å². The van der Waals surface area contributed by atoms with E-state index in [1.807, 2.05) is 6.08 Å². The van der Waals surface area contributed by atoms with E-state index in [1.54, 1.807) is 6.08 Å². The number of unbranched alkanes of at least 4 members (excludes halogenated alkanes) is 12. The van der Waals surface area contributed by atoms with E-state index < -0.39 is 12.1 Å². The van der Waals surface area contributed by atoms with Gasteiger partial charge < -0.3 is 15.5 Å². The minimum absolute atomic E-state index is 0.113. The third kappa shape index (κ3) is 43.5. The monoisotopic (exact) mass is 784 g/mol. The first-order valence-corrected chi connectivity index (χ1v) is 22.9. The Balaban J connectivity index is 3.78. The third-order valence-electron chi connectivity index (χ3n) is 9.37. The lowest BCUT2D eigenvalue weighted by Gasteiger charge is -2.19. The van der Waals surface area contributed by atoms with E-state index in [-0.39, 0.29) is 12.5 Å². The SMILES string of the molecule is CC/C=C\C/C=C\C/C=C\C/C=C\C/C=C\C/C=C\C/C=C\C/C=C\C/C=C\CCCCCC(=O)NC(CO)C(O)/C=C/CC/C=C/CCCCCCCCCC. The maximum atomic E-state index is 12.4. The van der Waals surface area contributed by atoms with Gasteiger partial charge in [0.2, 0.25) is 5.91 Å². The Bertz CT molecular complexity index is 1210. The molecule has 0 rings (SSSR count). The molecule has 0 aliphatic heterocycles. The van der Waals surface area contributed by atoms with Crippen LogP contribution in [0.5, 0.6) is 0 Å². The summed E-state index contributed by atoms with van der Waals surface area (Å²) < 4.78 is 0. The molecule has 4 nitrogen and oxygen atoms in total. The lowest BCUT2D eigenvalue weighted by molar-refractivity contribution is -0.123. The molecule has 0 spiro atoms. The Morgan fingerprint density at radius 2 is 0.789 bits per heavy atom. The third-order valence-corrected chi connectivity index (χ3v) is 9.37. The number of hydrogen-bond acceptors (Lipinski definition) is 3. The molecule has 2 atom stereocenters. The number of nitrogens with one attached hydrogen (secondary N) is 1. The second-order valence-corrected chi connectivity index (χ2v) is 14.7.